The Morgan fingerprint density at radius 2 is 1.58 bits per heavy atom. The van der Waals surface area contributed by atoms with Crippen LogP contribution in [0.2, 0.25) is 0 Å². The number of carbonyl (C=O) groups is 1. The zero-order chi connectivity index (χ0) is 25.6. The normalized spacial score (nSPS) is 14.9. The van der Waals surface area contributed by atoms with Crippen LogP contribution < -0.4 is 19.8 Å². The Morgan fingerprint density at radius 1 is 0.861 bits per heavy atom. The van der Waals surface area contributed by atoms with Gasteiger partial charge in [0.15, 0.2) is 16.9 Å². The van der Waals surface area contributed by atoms with Gasteiger partial charge >= 0.3 is 0 Å². The van der Waals surface area contributed by atoms with E-state index in [0.29, 0.717) is 46.9 Å². The molecule has 0 radical (unpaired) electrons. The molecule has 184 valence electrons. The first-order valence-corrected chi connectivity index (χ1v) is 12.2. The van der Waals surface area contributed by atoms with Crippen LogP contribution in [0.4, 0.5) is 5.69 Å². The third-order valence-corrected chi connectivity index (χ3v) is 6.65. The topological polar surface area (TPSA) is 69.0 Å². The lowest BCUT2D eigenvalue weighted by Crippen LogP contribution is -2.29. The van der Waals surface area contributed by atoms with E-state index in [1.807, 2.05) is 89.2 Å². The number of carbonyl (C=O) groups excluding carboxylic acids is 1. The summed E-state index contributed by atoms with van der Waals surface area (Å²) in [6.45, 7) is 10.7. The Kier molecular flexibility index (Phi) is 6.04. The number of nitrogens with zero attached hydrogens (tertiary/aromatic N) is 1. The summed E-state index contributed by atoms with van der Waals surface area (Å²) in [7, 11) is 0. The number of anilines is 1. The van der Waals surface area contributed by atoms with Crippen LogP contribution in [-0.2, 0) is 0 Å². The summed E-state index contributed by atoms with van der Waals surface area (Å²) in [5.41, 5.74) is 4.99. The maximum atomic E-state index is 13.9. The number of rotatable bonds is 6. The molecule has 5 rings (SSSR count). The molecule has 2 heterocycles. The van der Waals surface area contributed by atoms with Gasteiger partial charge in [0.05, 0.1) is 30.2 Å². The molecule has 36 heavy (non-hydrogen) atoms. The average molecular weight is 484 g/mol. The first-order valence-electron chi connectivity index (χ1n) is 12.2. The number of amides is 1. The lowest BCUT2D eigenvalue weighted by Gasteiger charge is -2.26. The van der Waals surface area contributed by atoms with E-state index in [4.69, 9.17) is 13.9 Å². The number of hydrogen-bond donors (Lipinski definition) is 0. The Morgan fingerprint density at radius 3 is 2.31 bits per heavy atom. The molecular formula is C30H29NO5. The van der Waals surface area contributed by atoms with Gasteiger partial charge in [-0.15, -0.1) is 0 Å². The fourth-order valence-electron chi connectivity index (χ4n) is 4.83. The third kappa shape index (κ3) is 3.83. The molecule has 1 aliphatic heterocycles. The summed E-state index contributed by atoms with van der Waals surface area (Å²) < 4.78 is 17.8. The highest BCUT2D eigenvalue weighted by Gasteiger charge is 2.44. The minimum atomic E-state index is -0.675. The van der Waals surface area contributed by atoms with Gasteiger partial charge in [-0.25, -0.2) is 0 Å². The second-order valence-corrected chi connectivity index (χ2v) is 9.10. The van der Waals surface area contributed by atoms with Crippen molar-refractivity contribution in [2.75, 3.05) is 18.1 Å². The molecule has 1 atom stereocenters. The lowest BCUT2D eigenvalue weighted by atomic mass is 9.96. The second kappa shape index (κ2) is 9.19. The van der Waals surface area contributed by atoms with Crippen molar-refractivity contribution in [1.29, 1.82) is 0 Å². The maximum absolute atomic E-state index is 13.9. The van der Waals surface area contributed by atoms with Crippen molar-refractivity contribution in [3.05, 3.63) is 98.4 Å². The summed E-state index contributed by atoms with van der Waals surface area (Å²) in [6.07, 6.45) is 0. The van der Waals surface area contributed by atoms with E-state index in [-0.39, 0.29) is 17.1 Å². The van der Waals surface area contributed by atoms with Crippen molar-refractivity contribution in [3.63, 3.8) is 0 Å². The molecule has 1 aliphatic rings. The Balaban J connectivity index is 1.80. The quantitative estimate of drug-likeness (QED) is 0.324. The van der Waals surface area contributed by atoms with Crippen LogP contribution >= 0.6 is 0 Å². The SMILES string of the molecule is CCOc1ccc(C2c3c(oc4cc(C)c(C)cc4c3=O)C(=O)N2c2cccc(C)c2)cc1OCC. The molecule has 6 heteroatoms. The van der Waals surface area contributed by atoms with Crippen LogP contribution in [0.25, 0.3) is 11.0 Å². The van der Waals surface area contributed by atoms with E-state index >= 15 is 0 Å². The number of hydrogen-bond acceptors (Lipinski definition) is 5. The zero-order valence-electron chi connectivity index (χ0n) is 21.2. The van der Waals surface area contributed by atoms with E-state index in [2.05, 4.69) is 0 Å². The molecule has 1 amide bonds. The minimum Gasteiger partial charge on any atom is -0.490 e. The highest BCUT2D eigenvalue weighted by molar-refractivity contribution is 6.10. The molecule has 6 nitrogen and oxygen atoms in total. The van der Waals surface area contributed by atoms with Crippen LogP contribution in [0.1, 0.15) is 58.3 Å². The van der Waals surface area contributed by atoms with Gasteiger partial charge in [-0.1, -0.05) is 18.2 Å². The Labute approximate surface area is 210 Å². The van der Waals surface area contributed by atoms with Gasteiger partial charge in [0.1, 0.15) is 5.58 Å². The molecule has 4 aromatic rings. The summed E-state index contributed by atoms with van der Waals surface area (Å²) in [6, 6.07) is 16.3. The summed E-state index contributed by atoms with van der Waals surface area (Å²) in [5.74, 6) is 0.920. The molecule has 1 unspecified atom stereocenters. The predicted molar refractivity (Wildman–Crippen MR) is 141 cm³/mol. The van der Waals surface area contributed by atoms with Crippen LogP contribution in [0.3, 0.4) is 0 Å². The van der Waals surface area contributed by atoms with E-state index in [1.54, 1.807) is 4.90 Å². The van der Waals surface area contributed by atoms with Gasteiger partial charge in [-0.05, 0) is 93.3 Å². The van der Waals surface area contributed by atoms with Gasteiger partial charge in [-0.3, -0.25) is 14.5 Å². The molecule has 0 aliphatic carbocycles. The summed E-state index contributed by atoms with van der Waals surface area (Å²) >= 11 is 0. The van der Waals surface area contributed by atoms with Gasteiger partial charge < -0.3 is 13.9 Å². The van der Waals surface area contributed by atoms with E-state index in [9.17, 15) is 9.59 Å². The Bertz CT molecular complexity index is 1550. The fraction of sp³-hybridized carbons (Fsp3) is 0.267. The number of benzene rings is 3. The van der Waals surface area contributed by atoms with Crippen LogP contribution in [0.5, 0.6) is 11.5 Å². The largest absolute Gasteiger partial charge is 0.490 e. The van der Waals surface area contributed by atoms with E-state index in [1.165, 1.54) is 0 Å². The van der Waals surface area contributed by atoms with Gasteiger partial charge in [0.25, 0.3) is 5.91 Å². The van der Waals surface area contributed by atoms with Crippen molar-refractivity contribution in [3.8, 4) is 11.5 Å². The zero-order valence-corrected chi connectivity index (χ0v) is 21.2. The van der Waals surface area contributed by atoms with Crippen LogP contribution in [0.15, 0.2) is 63.8 Å². The molecule has 1 aromatic heterocycles. The first kappa shape index (κ1) is 23.7. The number of ether oxygens (including phenoxy) is 2. The van der Waals surface area contributed by atoms with Gasteiger partial charge in [0.2, 0.25) is 5.76 Å². The molecular weight excluding hydrogens is 454 g/mol. The molecule has 0 spiro atoms. The average Bonchev–Trinajstić information content (AvgIpc) is 3.14. The van der Waals surface area contributed by atoms with Crippen molar-refractivity contribution in [1.82, 2.24) is 0 Å². The highest BCUT2D eigenvalue weighted by atomic mass is 16.5. The molecule has 0 fully saturated rings. The predicted octanol–water partition coefficient (Wildman–Crippen LogP) is 6.27. The smallest absolute Gasteiger partial charge is 0.295 e. The maximum Gasteiger partial charge on any atom is 0.295 e. The standard InChI is InChI=1S/C30H29NO5/c1-6-34-23-12-11-20(16-25(23)35-7-2)27-26-28(32)22-14-18(4)19(5)15-24(22)36-29(26)30(33)31(27)21-10-8-9-17(3)13-21/h8-16,27H,6-7H2,1-5H3. The lowest BCUT2D eigenvalue weighted by molar-refractivity contribution is 0.0971. The van der Waals surface area contributed by atoms with Crippen molar-refractivity contribution < 1.29 is 18.7 Å². The minimum absolute atomic E-state index is 0.0779. The fourth-order valence-corrected chi connectivity index (χ4v) is 4.83. The van der Waals surface area contributed by atoms with Crippen molar-refractivity contribution in [2.24, 2.45) is 0 Å². The second-order valence-electron chi connectivity index (χ2n) is 9.10. The van der Waals surface area contributed by atoms with E-state index < -0.39 is 6.04 Å². The van der Waals surface area contributed by atoms with Gasteiger partial charge in [-0.2, -0.15) is 0 Å². The highest BCUT2D eigenvalue weighted by Crippen LogP contribution is 2.43. The van der Waals surface area contributed by atoms with E-state index in [0.717, 1.165) is 22.3 Å². The number of aryl methyl sites for hydroxylation is 3. The van der Waals surface area contributed by atoms with Crippen LogP contribution in [-0.4, -0.2) is 19.1 Å². The number of fused-ring (bicyclic) bond motifs is 2. The first-order chi connectivity index (χ1) is 17.3. The molecule has 0 saturated heterocycles. The Hall–Kier alpha value is -4.06. The van der Waals surface area contributed by atoms with Crippen LogP contribution in [0, 0.1) is 20.8 Å². The van der Waals surface area contributed by atoms with Gasteiger partial charge in [0, 0.05) is 5.69 Å². The molecule has 0 N–H and O–H groups in total. The van der Waals surface area contributed by atoms with Crippen molar-refractivity contribution >= 4 is 22.6 Å². The summed E-state index contributed by atoms with van der Waals surface area (Å²) in [5, 5.41) is 0.469. The molecule has 3 aromatic carbocycles. The third-order valence-electron chi connectivity index (χ3n) is 6.65. The molecule has 0 bridgehead atoms. The monoisotopic (exact) mass is 483 g/mol. The summed E-state index contributed by atoms with van der Waals surface area (Å²) in [4.78, 5) is 29.4. The molecule has 0 saturated carbocycles. The van der Waals surface area contributed by atoms with Crippen molar-refractivity contribution in [2.45, 2.75) is 40.7 Å².